The molecule has 1 fully saturated rings. The standard InChI is InChI=1S/C23H23N3O6S/c1-3-25-21(28)17(11-20(27)24-16-7-5-15(6-8-16)22(29)30-2)26(23(25)33)12-14-4-9-18-19(10-14)32-13-31-18/h4-10,17H,3,11-13H2,1-2H3,(H,24,27). The first-order valence-electron chi connectivity index (χ1n) is 10.4. The highest BCUT2D eigenvalue weighted by atomic mass is 32.1. The molecule has 172 valence electrons. The average molecular weight is 470 g/mol. The lowest BCUT2D eigenvalue weighted by Crippen LogP contribution is -2.37. The van der Waals surface area contributed by atoms with Crippen molar-refractivity contribution in [1.29, 1.82) is 0 Å². The van der Waals surface area contributed by atoms with Gasteiger partial charge in [-0.3, -0.25) is 14.5 Å². The van der Waals surface area contributed by atoms with Gasteiger partial charge in [0.25, 0.3) is 5.91 Å². The lowest BCUT2D eigenvalue weighted by molar-refractivity contribution is -0.130. The van der Waals surface area contributed by atoms with Crippen molar-refractivity contribution in [3.8, 4) is 11.5 Å². The van der Waals surface area contributed by atoms with Crippen molar-refractivity contribution in [2.45, 2.75) is 25.9 Å². The summed E-state index contributed by atoms with van der Waals surface area (Å²) >= 11 is 5.55. The average Bonchev–Trinajstić information content (AvgIpc) is 3.37. The number of amides is 2. The molecule has 1 atom stereocenters. The van der Waals surface area contributed by atoms with Crippen LogP contribution in [0.2, 0.25) is 0 Å². The van der Waals surface area contributed by atoms with E-state index in [0.717, 1.165) is 5.56 Å². The van der Waals surface area contributed by atoms with E-state index >= 15 is 0 Å². The number of nitrogens with one attached hydrogen (secondary N) is 1. The van der Waals surface area contributed by atoms with Crippen molar-refractivity contribution in [2.75, 3.05) is 25.8 Å². The minimum absolute atomic E-state index is 0.0707. The van der Waals surface area contributed by atoms with E-state index in [1.54, 1.807) is 29.2 Å². The first-order valence-corrected chi connectivity index (χ1v) is 10.8. The molecular weight excluding hydrogens is 446 g/mol. The van der Waals surface area contributed by atoms with Gasteiger partial charge in [0.05, 0.1) is 19.1 Å². The summed E-state index contributed by atoms with van der Waals surface area (Å²) in [5, 5.41) is 3.16. The Morgan fingerprint density at radius 1 is 1.15 bits per heavy atom. The largest absolute Gasteiger partial charge is 0.465 e. The molecule has 2 aliphatic heterocycles. The van der Waals surface area contributed by atoms with Gasteiger partial charge in [-0.25, -0.2) is 4.79 Å². The van der Waals surface area contributed by atoms with E-state index in [1.165, 1.54) is 12.0 Å². The van der Waals surface area contributed by atoms with Crippen molar-refractivity contribution in [3.05, 3.63) is 53.6 Å². The number of fused-ring (bicyclic) bond motifs is 1. The molecule has 1 N–H and O–H groups in total. The van der Waals surface area contributed by atoms with Gasteiger partial charge in [0, 0.05) is 18.8 Å². The monoisotopic (exact) mass is 469 g/mol. The molecule has 1 saturated heterocycles. The van der Waals surface area contributed by atoms with Gasteiger partial charge in [-0.2, -0.15) is 0 Å². The van der Waals surface area contributed by atoms with Gasteiger partial charge in [-0.15, -0.1) is 0 Å². The SMILES string of the molecule is CCN1C(=O)C(CC(=O)Nc2ccc(C(=O)OC)cc2)N(Cc2ccc3c(c2)OCO3)C1=S. The molecule has 2 aliphatic rings. The summed E-state index contributed by atoms with van der Waals surface area (Å²) in [4.78, 5) is 40.6. The quantitative estimate of drug-likeness (QED) is 0.488. The number of carbonyl (C=O) groups is 3. The Balaban J connectivity index is 1.47. The molecule has 33 heavy (non-hydrogen) atoms. The van der Waals surface area contributed by atoms with Crippen LogP contribution in [0.15, 0.2) is 42.5 Å². The predicted octanol–water partition coefficient (Wildman–Crippen LogP) is 2.55. The van der Waals surface area contributed by atoms with E-state index in [9.17, 15) is 14.4 Å². The molecule has 0 aliphatic carbocycles. The molecule has 1 unspecified atom stereocenters. The van der Waals surface area contributed by atoms with E-state index in [-0.39, 0.29) is 25.0 Å². The van der Waals surface area contributed by atoms with E-state index in [4.69, 9.17) is 21.7 Å². The molecule has 10 heteroatoms. The van der Waals surface area contributed by atoms with Crippen LogP contribution in [-0.2, 0) is 20.9 Å². The summed E-state index contributed by atoms with van der Waals surface area (Å²) in [5.41, 5.74) is 1.77. The molecule has 0 radical (unpaired) electrons. The second-order valence-corrected chi connectivity index (χ2v) is 7.88. The summed E-state index contributed by atoms with van der Waals surface area (Å²) in [6, 6.07) is 11.2. The fourth-order valence-electron chi connectivity index (χ4n) is 3.79. The molecule has 2 aromatic rings. The molecule has 0 spiro atoms. The number of esters is 1. The Morgan fingerprint density at radius 2 is 1.88 bits per heavy atom. The first kappa shape index (κ1) is 22.5. The summed E-state index contributed by atoms with van der Waals surface area (Å²) < 4.78 is 15.5. The van der Waals surface area contributed by atoms with Crippen molar-refractivity contribution in [2.24, 2.45) is 0 Å². The van der Waals surface area contributed by atoms with Crippen LogP contribution < -0.4 is 14.8 Å². The van der Waals surface area contributed by atoms with Gasteiger partial charge in [-0.05, 0) is 61.1 Å². The Kier molecular flexibility index (Phi) is 6.45. The number of ether oxygens (including phenoxy) is 3. The lowest BCUT2D eigenvalue weighted by atomic mass is 10.1. The van der Waals surface area contributed by atoms with Gasteiger partial charge >= 0.3 is 5.97 Å². The summed E-state index contributed by atoms with van der Waals surface area (Å²) in [7, 11) is 1.30. The lowest BCUT2D eigenvalue weighted by Gasteiger charge is -2.24. The summed E-state index contributed by atoms with van der Waals surface area (Å²) in [5.74, 6) is 0.302. The number of rotatable bonds is 7. The fraction of sp³-hybridized carbons (Fsp3) is 0.304. The zero-order valence-electron chi connectivity index (χ0n) is 18.2. The number of benzene rings is 2. The smallest absolute Gasteiger partial charge is 0.337 e. The molecule has 2 amide bonds. The Labute approximate surface area is 196 Å². The van der Waals surface area contributed by atoms with Crippen LogP contribution in [0.3, 0.4) is 0 Å². The van der Waals surface area contributed by atoms with Gasteiger partial charge < -0.3 is 24.4 Å². The number of hydrogen-bond donors (Lipinski definition) is 1. The minimum Gasteiger partial charge on any atom is -0.465 e. The highest BCUT2D eigenvalue weighted by Gasteiger charge is 2.42. The number of nitrogens with zero attached hydrogens (tertiary/aromatic N) is 2. The van der Waals surface area contributed by atoms with Crippen molar-refractivity contribution < 1.29 is 28.6 Å². The number of anilines is 1. The van der Waals surface area contributed by atoms with Gasteiger partial charge in [0.15, 0.2) is 16.6 Å². The molecule has 2 heterocycles. The van der Waals surface area contributed by atoms with Crippen LogP contribution in [0.25, 0.3) is 0 Å². The van der Waals surface area contributed by atoms with E-state index in [1.807, 2.05) is 25.1 Å². The van der Waals surface area contributed by atoms with E-state index in [0.29, 0.717) is 41.0 Å². The van der Waals surface area contributed by atoms with Crippen molar-refractivity contribution in [1.82, 2.24) is 9.80 Å². The van der Waals surface area contributed by atoms with Gasteiger partial charge in [-0.1, -0.05) is 6.07 Å². The number of carbonyl (C=O) groups excluding carboxylic acids is 3. The number of thiocarbonyl (C=S) groups is 1. The molecule has 0 bridgehead atoms. The number of methoxy groups -OCH3 is 1. The highest BCUT2D eigenvalue weighted by molar-refractivity contribution is 7.80. The van der Waals surface area contributed by atoms with E-state index < -0.39 is 12.0 Å². The van der Waals surface area contributed by atoms with Crippen LogP contribution in [-0.4, -0.2) is 59.2 Å². The topological polar surface area (TPSA) is 97.4 Å². The van der Waals surface area contributed by atoms with Crippen LogP contribution in [0.5, 0.6) is 11.5 Å². The Bertz CT molecular complexity index is 1100. The maximum Gasteiger partial charge on any atom is 0.337 e. The third-order valence-electron chi connectivity index (χ3n) is 5.48. The van der Waals surface area contributed by atoms with Gasteiger partial charge in [0.1, 0.15) is 6.04 Å². The van der Waals surface area contributed by atoms with Crippen LogP contribution in [0.4, 0.5) is 5.69 Å². The van der Waals surface area contributed by atoms with Crippen LogP contribution >= 0.6 is 12.2 Å². The van der Waals surface area contributed by atoms with Crippen molar-refractivity contribution in [3.63, 3.8) is 0 Å². The van der Waals surface area contributed by atoms with E-state index in [2.05, 4.69) is 10.1 Å². The highest BCUT2D eigenvalue weighted by Crippen LogP contribution is 2.33. The molecule has 4 rings (SSSR count). The van der Waals surface area contributed by atoms with Gasteiger partial charge in [0.2, 0.25) is 12.7 Å². The molecular formula is C23H23N3O6S. The minimum atomic E-state index is -0.725. The number of hydrogen-bond acceptors (Lipinski definition) is 7. The normalized spacial score (nSPS) is 16.8. The molecule has 2 aromatic carbocycles. The molecule has 0 aromatic heterocycles. The zero-order chi connectivity index (χ0) is 23.5. The molecule has 0 saturated carbocycles. The third-order valence-corrected chi connectivity index (χ3v) is 5.93. The van der Waals surface area contributed by atoms with Crippen LogP contribution in [0.1, 0.15) is 29.3 Å². The number of likely N-dealkylation sites (N-methyl/N-ethyl adjacent to an activating group) is 1. The summed E-state index contributed by atoms with van der Waals surface area (Å²) in [6.07, 6.45) is -0.0707. The second-order valence-electron chi connectivity index (χ2n) is 7.52. The second kappa shape index (κ2) is 9.45. The summed E-state index contributed by atoms with van der Waals surface area (Å²) in [6.45, 7) is 2.78. The maximum absolute atomic E-state index is 13.0. The predicted molar refractivity (Wildman–Crippen MR) is 123 cm³/mol. The Hall–Kier alpha value is -3.66. The van der Waals surface area contributed by atoms with Crippen LogP contribution in [0, 0.1) is 0 Å². The Morgan fingerprint density at radius 3 is 2.58 bits per heavy atom. The molecule has 9 nitrogen and oxygen atoms in total. The third kappa shape index (κ3) is 4.61. The van der Waals surface area contributed by atoms with Crippen molar-refractivity contribution >= 4 is 40.8 Å². The first-order chi connectivity index (χ1) is 15.9. The fourth-order valence-corrected chi connectivity index (χ4v) is 4.20. The zero-order valence-corrected chi connectivity index (χ0v) is 19.0. The maximum atomic E-state index is 13.0.